The Bertz CT molecular complexity index is 340. The maximum atomic E-state index is 13.0. The number of halogens is 1. The summed E-state index contributed by atoms with van der Waals surface area (Å²) in [6.07, 6.45) is 1.16. The molecule has 0 amide bonds. The molecule has 1 N–H and O–H groups in total. The van der Waals surface area contributed by atoms with E-state index in [1.54, 1.807) is 12.1 Å². The van der Waals surface area contributed by atoms with Crippen LogP contribution in [0.25, 0.3) is 0 Å². The van der Waals surface area contributed by atoms with Gasteiger partial charge in [0, 0.05) is 32.2 Å². The van der Waals surface area contributed by atoms with Gasteiger partial charge in [-0.05, 0) is 31.0 Å². The van der Waals surface area contributed by atoms with E-state index < -0.39 is 0 Å². The van der Waals surface area contributed by atoms with Crippen LogP contribution in [0.15, 0.2) is 24.3 Å². The van der Waals surface area contributed by atoms with Gasteiger partial charge in [0.1, 0.15) is 5.82 Å². The third-order valence-corrected chi connectivity index (χ3v) is 3.09. The molecular formula is C13H19FN2. The quantitative estimate of drug-likeness (QED) is 0.823. The summed E-state index contributed by atoms with van der Waals surface area (Å²) in [5.41, 5.74) is 1.06. The average Bonchev–Trinajstić information content (AvgIpc) is 2.44. The van der Waals surface area contributed by atoms with Crippen LogP contribution in [0.5, 0.6) is 0 Å². The topological polar surface area (TPSA) is 15.3 Å². The Morgan fingerprint density at radius 3 is 3.12 bits per heavy atom. The van der Waals surface area contributed by atoms with Crippen molar-refractivity contribution in [1.29, 1.82) is 0 Å². The Hall–Kier alpha value is -0.930. The number of hydrogen-bond acceptors (Lipinski definition) is 2. The van der Waals surface area contributed by atoms with Gasteiger partial charge in [-0.3, -0.25) is 4.90 Å². The highest BCUT2D eigenvalue weighted by atomic mass is 19.1. The van der Waals surface area contributed by atoms with Gasteiger partial charge in [0.15, 0.2) is 0 Å². The van der Waals surface area contributed by atoms with Crippen molar-refractivity contribution >= 4 is 0 Å². The summed E-state index contributed by atoms with van der Waals surface area (Å²) >= 11 is 0. The van der Waals surface area contributed by atoms with Crippen molar-refractivity contribution in [2.45, 2.75) is 25.9 Å². The van der Waals surface area contributed by atoms with Gasteiger partial charge in [-0.2, -0.15) is 0 Å². The maximum absolute atomic E-state index is 13.0. The fourth-order valence-electron chi connectivity index (χ4n) is 2.11. The average molecular weight is 222 g/mol. The number of nitrogens with one attached hydrogen (secondary N) is 1. The van der Waals surface area contributed by atoms with Gasteiger partial charge in [-0.1, -0.05) is 12.1 Å². The molecule has 0 saturated carbocycles. The highest BCUT2D eigenvalue weighted by Gasteiger charge is 2.13. The summed E-state index contributed by atoms with van der Waals surface area (Å²) in [6, 6.07) is 7.49. The van der Waals surface area contributed by atoms with Gasteiger partial charge >= 0.3 is 0 Å². The molecule has 3 heteroatoms. The lowest BCUT2D eigenvalue weighted by atomic mass is 10.2. The van der Waals surface area contributed by atoms with Crippen LogP contribution in [0.4, 0.5) is 4.39 Å². The van der Waals surface area contributed by atoms with Crippen molar-refractivity contribution in [3.8, 4) is 0 Å². The van der Waals surface area contributed by atoms with Crippen molar-refractivity contribution in [1.82, 2.24) is 10.2 Å². The summed E-state index contributed by atoms with van der Waals surface area (Å²) in [5, 5.41) is 3.46. The molecule has 0 radical (unpaired) electrons. The predicted octanol–water partition coefficient (Wildman–Crippen LogP) is 2.01. The first-order valence-electron chi connectivity index (χ1n) is 5.94. The van der Waals surface area contributed by atoms with Crippen LogP contribution in [-0.2, 0) is 6.54 Å². The Kier molecular flexibility index (Phi) is 3.91. The number of rotatable bonds is 2. The van der Waals surface area contributed by atoms with E-state index in [0.717, 1.165) is 38.2 Å². The molecule has 1 atom stereocenters. The lowest BCUT2D eigenvalue weighted by molar-refractivity contribution is 0.282. The van der Waals surface area contributed by atoms with Crippen LogP contribution in [0.2, 0.25) is 0 Å². The van der Waals surface area contributed by atoms with E-state index in [1.165, 1.54) is 6.07 Å². The van der Waals surface area contributed by atoms with Gasteiger partial charge in [-0.15, -0.1) is 0 Å². The minimum atomic E-state index is -0.140. The van der Waals surface area contributed by atoms with E-state index in [9.17, 15) is 4.39 Å². The zero-order valence-corrected chi connectivity index (χ0v) is 9.75. The van der Waals surface area contributed by atoms with Crippen molar-refractivity contribution < 1.29 is 4.39 Å². The second kappa shape index (κ2) is 5.41. The Labute approximate surface area is 96.5 Å². The highest BCUT2D eigenvalue weighted by molar-refractivity contribution is 5.16. The molecule has 16 heavy (non-hydrogen) atoms. The Balaban J connectivity index is 1.93. The first-order chi connectivity index (χ1) is 7.74. The molecule has 2 nitrogen and oxygen atoms in total. The van der Waals surface area contributed by atoms with E-state index in [-0.39, 0.29) is 5.82 Å². The summed E-state index contributed by atoms with van der Waals surface area (Å²) in [7, 11) is 0. The van der Waals surface area contributed by atoms with E-state index in [2.05, 4.69) is 17.1 Å². The number of hydrogen-bond donors (Lipinski definition) is 1. The molecule has 0 aliphatic carbocycles. The molecule has 88 valence electrons. The molecule has 0 spiro atoms. The minimum Gasteiger partial charge on any atom is -0.313 e. The summed E-state index contributed by atoms with van der Waals surface area (Å²) in [4.78, 5) is 2.38. The summed E-state index contributed by atoms with van der Waals surface area (Å²) in [5.74, 6) is -0.140. The van der Waals surface area contributed by atoms with Crippen LogP contribution in [0.3, 0.4) is 0 Å². The van der Waals surface area contributed by atoms with Crippen LogP contribution < -0.4 is 5.32 Å². The van der Waals surface area contributed by atoms with E-state index in [1.807, 2.05) is 6.07 Å². The number of nitrogens with zero attached hydrogens (tertiary/aromatic N) is 1. The van der Waals surface area contributed by atoms with E-state index >= 15 is 0 Å². The predicted molar refractivity (Wildman–Crippen MR) is 63.8 cm³/mol. The van der Waals surface area contributed by atoms with Crippen LogP contribution >= 0.6 is 0 Å². The second-order valence-electron chi connectivity index (χ2n) is 4.55. The molecule has 1 heterocycles. The Morgan fingerprint density at radius 2 is 2.31 bits per heavy atom. The van der Waals surface area contributed by atoms with Gasteiger partial charge in [0.25, 0.3) is 0 Å². The molecule has 1 saturated heterocycles. The number of benzene rings is 1. The molecule has 1 aromatic carbocycles. The molecule has 1 aliphatic rings. The van der Waals surface area contributed by atoms with Crippen molar-refractivity contribution in [2.24, 2.45) is 0 Å². The fraction of sp³-hybridized carbons (Fsp3) is 0.538. The molecule has 1 fully saturated rings. The highest BCUT2D eigenvalue weighted by Crippen LogP contribution is 2.09. The molecule has 1 unspecified atom stereocenters. The van der Waals surface area contributed by atoms with Crippen molar-refractivity contribution in [2.75, 3.05) is 19.6 Å². The zero-order chi connectivity index (χ0) is 11.4. The Morgan fingerprint density at radius 1 is 1.44 bits per heavy atom. The molecule has 1 aliphatic heterocycles. The minimum absolute atomic E-state index is 0.140. The first-order valence-corrected chi connectivity index (χ1v) is 5.94. The molecular weight excluding hydrogens is 203 g/mol. The normalized spacial score (nSPS) is 23.0. The van der Waals surface area contributed by atoms with E-state index in [0.29, 0.717) is 6.04 Å². The van der Waals surface area contributed by atoms with Crippen LogP contribution in [-0.4, -0.2) is 30.6 Å². The zero-order valence-electron chi connectivity index (χ0n) is 9.75. The lowest BCUT2D eigenvalue weighted by Crippen LogP contribution is -2.28. The second-order valence-corrected chi connectivity index (χ2v) is 4.55. The van der Waals surface area contributed by atoms with Gasteiger partial charge in [-0.25, -0.2) is 4.39 Å². The monoisotopic (exact) mass is 222 g/mol. The van der Waals surface area contributed by atoms with Crippen molar-refractivity contribution in [3.63, 3.8) is 0 Å². The summed E-state index contributed by atoms with van der Waals surface area (Å²) < 4.78 is 13.0. The molecule has 0 aromatic heterocycles. The largest absolute Gasteiger partial charge is 0.313 e. The fourth-order valence-corrected chi connectivity index (χ4v) is 2.11. The third-order valence-electron chi connectivity index (χ3n) is 3.09. The molecule has 1 aromatic rings. The molecule has 2 rings (SSSR count). The SMILES string of the molecule is CC1CCN(Cc2cccc(F)c2)CCN1. The lowest BCUT2D eigenvalue weighted by Gasteiger charge is -2.19. The smallest absolute Gasteiger partial charge is 0.123 e. The standard InChI is InChI=1S/C13H19FN2/c1-11-5-7-16(8-6-15-11)10-12-3-2-4-13(14)9-12/h2-4,9,11,15H,5-8,10H2,1H3. The van der Waals surface area contributed by atoms with E-state index in [4.69, 9.17) is 0 Å². The van der Waals surface area contributed by atoms with Crippen molar-refractivity contribution in [3.05, 3.63) is 35.6 Å². The van der Waals surface area contributed by atoms with Gasteiger partial charge in [0.05, 0.1) is 0 Å². The maximum Gasteiger partial charge on any atom is 0.123 e. The van der Waals surface area contributed by atoms with Crippen LogP contribution in [0, 0.1) is 5.82 Å². The summed E-state index contributed by atoms with van der Waals surface area (Å²) in [6.45, 7) is 6.22. The molecule has 0 bridgehead atoms. The third kappa shape index (κ3) is 3.29. The first kappa shape index (κ1) is 11.6. The van der Waals surface area contributed by atoms with Gasteiger partial charge < -0.3 is 5.32 Å². The van der Waals surface area contributed by atoms with Crippen LogP contribution in [0.1, 0.15) is 18.9 Å². The van der Waals surface area contributed by atoms with Gasteiger partial charge in [0.2, 0.25) is 0 Å².